The normalized spacial score (nSPS) is 13.2. The first kappa shape index (κ1) is 17.1. The lowest BCUT2D eigenvalue weighted by atomic mass is 10.1. The van der Waals surface area contributed by atoms with Crippen molar-refractivity contribution in [3.8, 4) is 11.5 Å². The standard InChI is InChI=1S/C17H18N2O5S/c1-11-13(4-3-5-14(11)19-25(2,21)22)17(20)18-12-6-7-15-16(10-12)24-9-8-23-15/h3-7,10,19H,8-9H2,1-2H3,(H,18,20). The van der Waals surface area contributed by atoms with E-state index < -0.39 is 10.0 Å². The summed E-state index contributed by atoms with van der Waals surface area (Å²) < 4.78 is 36.2. The van der Waals surface area contributed by atoms with Gasteiger partial charge in [-0.2, -0.15) is 0 Å². The molecule has 2 aromatic rings. The van der Waals surface area contributed by atoms with E-state index in [0.29, 0.717) is 47.2 Å². The zero-order chi connectivity index (χ0) is 18.0. The summed E-state index contributed by atoms with van der Waals surface area (Å²) in [6.45, 7) is 2.65. The summed E-state index contributed by atoms with van der Waals surface area (Å²) in [7, 11) is -3.42. The number of nitrogens with one attached hydrogen (secondary N) is 2. The van der Waals surface area contributed by atoms with Crippen LogP contribution in [0.3, 0.4) is 0 Å². The lowest BCUT2D eigenvalue weighted by Gasteiger charge is -2.19. The molecule has 1 heterocycles. The van der Waals surface area contributed by atoms with Crippen LogP contribution in [0.2, 0.25) is 0 Å². The summed E-state index contributed by atoms with van der Waals surface area (Å²) in [5, 5.41) is 2.79. The van der Waals surface area contributed by atoms with Crippen LogP contribution in [0.15, 0.2) is 36.4 Å². The van der Waals surface area contributed by atoms with Crippen LogP contribution < -0.4 is 19.5 Å². The highest BCUT2D eigenvalue weighted by Crippen LogP contribution is 2.33. The summed E-state index contributed by atoms with van der Waals surface area (Å²) in [5.74, 6) is 0.874. The fourth-order valence-electron chi connectivity index (χ4n) is 2.51. The van der Waals surface area contributed by atoms with Gasteiger partial charge in [0.05, 0.1) is 11.9 Å². The predicted octanol–water partition coefficient (Wildman–Crippen LogP) is 2.39. The second-order valence-electron chi connectivity index (χ2n) is 5.66. The van der Waals surface area contributed by atoms with Crippen molar-refractivity contribution in [2.24, 2.45) is 0 Å². The number of carbonyl (C=O) groups excluding carboxylic acids is 1. The van der Waals surface area contributed by atoms with Gasteiger partial charge in [0, 0.05) is 17.3 Å². The number of hydrogen-bond acceptors (Lipinski definition) is 5. The second kappa shape index (κ2) is 6.64. The molecule has 8 heteroatoms. The maximum absolute atomic E-state index is 12.6. The predicted molar refractivity (Wildman–Crippen MR) is 95.0 cm³/mol. The van der Waals surface area contributed by atoms with E-state index in [1.165, 1.54) is 0 Å². The first-order valence-electron chi connectivity index (χ1n) is 7.62. The number of anilines is 2. The summed E-state index contributed by atoms with van der Waals surface area (Å²) in [4.78, 5) is 12.6. The third-order valence-corrected chi connectivity index (χ3v) is 4.26. The highest BCUT2D eigenvalue weighted by molar-refractivity contribution is 7.92. The van der Waals surface area contributed by atoms with Gasteiger partial charge >= 0.3 is 0 Å². The molecule has 3 rings (SSSR count). The molecule has 0 radical (unpaired) electrons. The van der Waals surface area contributed by atoms with Gasteiger partial charge in [0.2, 0.25) is 10.0 Å². The summed E-state index contributed by atoms with van der Waals surface area (Å²) in [5.41, 5.74) is 1.86. The van der Waals surface area contributed by atoms with Gasteiger partial charge in [-0.25, -0.2) is 8.42 Å². The van der Waals surface area contributed by atoms with Crippen molar-refractivity contribution in [3.63, 3.8) is 0 Å². The Morgan fingerprint density at radius 1 is 1.08 bits per heavy atom. The number of hydrogen-bond donors (Lipinski definition) is 2. The van der Waals surface area contributed by atoms with E-state index in [4.69, 9.17) is 9.47 Å². The van der Waals surface area contributed by atoms with Crippen molar-refractivity contribution in [2.45, 2.75) is 6.92 Å². The van der Waals surface area contributed by atoms with E-state index in [1.54, 1.807) is 43.3 Å². The van der Waals surface area contributed by atoms with E-state index in [9.17, 15) is 13.2 Å². The summed E-state index contributed by atoms with van der Waals surface area (Å²) in [6, 6.07) is 10.0. The molecular formula is C17H18N2O5S. The molecule has 7 nitrogen and oxygen atoms in total. The van der Waals surface area contributed by atoms with Crippen molar-refractivity contribution in [1.29, 1.82) is 0 Å². The second-order valence-corrected chi connectivity index (χ2v) is 7.41. The van der Waals surface area contributed by atoms with E-state index in [1.807, 2.05) is 0 Å². The first-order chi connectivity index (χ1) is 11.8. The minimum absolute atomic E-state index is 0.341. The minimum atomic E-state index is -3.42. The molecule has 132 valence electrons. The Hall–Kier alpha value is -2.74. The average molecular weight is 362 g/mol. The Morgan fingerprint density at radius 3 is 2.52 bits per heavy atom. The molecule has 0 unspecified atom stereocenters. The molecule has 0 bridgehead atoms. The minimum Gasteiger partial charge on any atom is -0.486 e. The maximum Gasteiger partial charge on any atom is 0.256 e. The van der Waals surface area contributed by atoms with Gasteiger partial charge in [-0.05, 0) is 36.8 Å². The van der Waals surface area contributed by atoms with Crippen molar-refractivity contribution in [1.82, 2.24) is 0 Å². The number of carbonyl (C=O) groups is 1. The maximum atomic E-state index is 12.6. The highest BCUT2D eigenvalue weighted by Gasteiger charge is 2.16. The van der Waals surface area contributed by atoms with Crippen molar-refractivity contribution in [2.75, 3.05) is 29.5 Å². The van der Waals surface area contributed by atoms with E-state index in [-0.39, 0.29) is 5.91 Å². The highest BCUT2D eigenvalue weighted by atomic mass is 32.2. The molecule has 0 saturated heterocycles. The molecule has 0 aliphatic carbocycles. The lowest BCUT2D eigenvalue weighted by Crippen LogP contribution is -2.17. The van der Waals surface area contributed by atoms with Gasteiger partial charge in [-0.3, -0.25) is 9.52 Å². The number of amides is 1. The molecule has 0 fully saturated rings. The molecule has 0 aromatic heterocycles. The molecule has 0 spiro atoms. The number of benzene rings is 2. The van der Waals surface area contributed by atoms with Crippen LogP contribution in [0.4, 0.5) is 11.4 Å². The van der Waals surface area contributed by atoms with Crippen LogP contribution in [0.25, 0.3) is 0 Å². The van der Waals surface area contributed by atoms with Gasteiger partial charge < -0.3 is 14.8 Å². The van der Waals surface area contributed by atoms with Crippen LogP contribution in [0, 0.1) is 6.92 Å². The van der Waals surface area contributed by atoms with Crippen LogP contribution in [-0.4, -0.2) is 33.8 Å². The molecule has 0 atom stereocenters. The van der Waals surface area contributed by atoms with Gasteiger partial charge in [-0.15, -0.1) is 0 Å². The van der Waals surface area contributed by atoms with Gasteiger partial charge in [0.15, 0.2) is 11.5 Å². The third kappa shape index (κ3) is 4.03. The van der Waals surface area contributed by atoms with E-state index >= 15 is 0 Å². The molecule has 0 saturated carbocycles. The molecule has 1 aliphatic rings. The number of sulfonamides is 1. The van der Waals surface area contributed by atoms with Gasteiger partial charge in [0.25, 0.3) is 5.91 Å². The molecule has 25 heavy (non-hydrogen) atoms. The molecule has 1 aliphatic heterocycles. The largest absolute Gasteiger partial charge is 0.486 e. The average Bonchev–Trinajstić information content (AvgIpc) is 2.55. The Kier molecular flexibility index (Phi) is 4.54. The first-order valence-corrected chi connectivity index (χ1v) is 9.51. The lowest BCUT2D eigenvalue weighted by molar-refractivity contribution is 0.102. The Morgan fingerprint density at radius 2 is 1.80 bits per heavy atom. The van der Waals surface area contributed by atoms with Gasteiger partial charge in [0.1, 0.15) is 13.2 Å². The Labute approximate surface area is 146 Å². The van der Waals surface area contributed by atoms with Crippen LogP contribution in [-0.2, 0) is 10.0 Å². The quantitative estimate of drug-likeness (QED) is 0.871. The number of fused-ring (bicyclic) bond motifs is 1. The van der Waals surface area contributed by atoms with Crippen molar-refractivity contribution < 1.29 is 22.7 Å². The number of ether oxygens (including phenoxy) is 2. The Bertz CT molecular complexity index is 925. The van der Waals surface area contributed by atoms with Gasteiger partial charge in [-0.1, -0.05) is 6.07 Å². The monoisotopic (exact) mass is 362 g/mol. The summed E-state index contributed by atoms with van der Waals surface area (Å²) in [6.07, 6.45) is 1.06. The molecule has 2 aromatic carbocycles. The van der Waals surface area contributed by atoms with E-state index in [2.05, 4.69) is 10.0 Å². The zero-order valence-electron chi connectivity index (χ0n) is 13.8. The number of rotatable bonds is 4. The fourth-order valence-corrected chi connectivity index (χ4v) is 3.13. The van der Waals surface area contributed by atoms with Crippen molar-refractivity contribution >= 4 is 27.3 Å². The molecular weight excluding hydrogens is 344 g/mol. The molecule has 1 amide bonds. The third-order valence-electron chi connectivity index (χ3n) is 3.67. The smallest absolute Gasteiger partial charge is 0.256 e. The van der Waals surface area contributed by atoms with Crippen LogP contribution >= 0.6 is 0 Å². The van der Waals surface area contributed by atoms with E-state index in [0.717, 1.165) is 6.26 Å². The molecule has 2 N–H and O–H groups in total. The van der Waals surface area contributed by atoms with Crippen LogP contribution in [0.5, 0.6) is 11.5 Å². The SMILES string of the molecule is Cc1c(NS(C)(=O)=O)cccc1C(=O)Nc1ccc2c(c1)OCCO2. The van der Waals surface area contributed by atoms with Crippen molar-refractivity contribution in [3.05, 3.63) is 47.5 Å². The van der Waals surface area contributed by atoms with Crippen LogP contribution in [0.1, 0.15) is 15.9 Å². The fraction of sp³-hybridized carbons (Fsp3) is 0.235. The zero-order valence-corrected chi connectivity index (χ0v) is 14.6. The Balaban J connectivity index is 1.83. The summed E-state index contributed by atoms with van der Waals surface area (Å²) >= 11 is 0. The topological polar surface area (TPSA) is 93.7 Å².